The lowest BCUT2D eigenvalue weighted by atomic mass is 10.0. The van der Waals surface area contributed by atoms with Gasteiger partial charge in [-0.05, 0) is 77.5 Å². The van der Waals surface area contributed by atoms with Crippen LogP contribution in [0.15, 0.2) is 18.2 Å². The SMILES string of the molecule is Cc1cc(Nc2nc(Cl)c(C(C)(C)O)nc2C(N)=O)ccc1N1CCN(C2CCN(C)CC2)CC1. The van der Waals surface area contributed by atoms with E-state index in [0.717, 1.165) is 37.4 Å². The zero-order chi connectivity index (χ0) is 25.3. The summed E-state index contributed by atoms with van der Waals surface area (Å²) in [6.07, 6.45) is 2.51. The van der Waals surface area contributed by atoms with Gasteiger partial charge in [0.15, 0.2) is 16.7 Å². The number of nitrogens with one attached hydrogen (secondary N) is 1. The maximum absolute atomic E-state index is 12.0. The summed E-state index contributed by atoms with van der Waals surface area (Å²) in [7, 11) is 2.20. The minimum atomic E-state index is -1.36. The zero-order valence-corrected chi connectivity index (χ0v) is 21.8. The first-order chi connectivity index (χ1) is 16.5. The number of piperazine rings is 1. The van der Waals surface area contributed by atoms with Gasteiger partial charge in [-0.25, -0.2) is 9.97 Å². The number of carbonyl (C=O) groups is 1. The summed E-state index contributed by atoms with van der Waals surface area (Å²) in [6.45, 7) is 11.7. The predicted octanol–water partition coefficient (Wildman–Crippen LogP) is 2.72. The molecular formula is C25H36ClN7O2. The molecule has 0 aliphatic carbocycles. The van der Waals surface area contributed by atoms with Crippen molar-refractivity contribution in [2.24, 2.45) is 5.73 Å². The quantitative estimate of drug-likeness (QED) is 0.554. The van der Waals surface area contributed by atoms with Crippen molar-refractivity contribution in [3.05, 3.63) is 40.3 Å². The molecule has 1 aromatic heterocycles. The van der Waals surface area contributed by atoms with Crippen LogP contribution < -0.4 is 16.0 Å². The molecule has 0 spiro atoms. The molecule has 0 bridgehead atoms. The highest BCUT2D eigenvalue weighted by atomic mass is 35.5. The summed E-state index contributed by atoms with van der Waals surface area (Å²) in [5.74, 6) is -0.590. The van der Waals surface area contributed by atoms with E-state index in [4.69, 9.17) is 17.3 Å². The first kappa shape index (κ1) is 25.6. The first-order valence-corrected chi connectivity index (χ1v) is 12.6. The Morgan fingerprint density at radius 2 is 1.80 bits per heavy atom. The molecule has 2 saturated heterocycles. The summed E-state index contributed by atoms with van der Waals surface area (Å²) in [4.78, 5) is 28.0. The van der Waals surface area contributed by atoms with Crippen LogP contribution in [0.2, 0.25) is 5.15 Å². The molecule has 0 saturated carbocycles. The van der Waals surface area contributed by atoms with E-state index in [2.05, 4.69) is 50.0 Å². The lowest BCUT2D eigenvalue weighted by Crippen LogP contribution is -2.53. The van der Waals surface area contributed by atoms with Gasteiger partial charge in [0.25, 0.3) is 5.91 Å². The molecule has 2 aliphatic rings. The van der Waals surface area contributed by atoms with E-state index in [-0.39, 0.29) is 22.4 Å². The molecule has 10 heteroatoms. The number of rotatable bonds is 6. The van der Waals surface area contributed by atoms with Crippen molar-refractivity contribution in [3.8, 4) is 0 Å². The third-order valence-corrected chi connectivity index (χ3v) is 7.25. The Balaban J connectivity index is 1.46. The van der Waals surface area contributed by atoms with Crippen LogP contribution in [0.1, 0.15) is 48.4 Å². The molecule has 0 unspecified atom stereocenters. The number of piperidine rings is 1. The Hall–Kier alpha value is -2.46. The Labute approximate surface area is 212 Å². The van der Waals surface area contributed by atoms with Gasteiger partial charge in [-0.15, -0.1) is 0 Å². The van der Waals surface area contributed by atoms with Gasteiger partial charge in [0.05, 0.1) is 0 Å². The van der Waals surface area contributed by atoms with Gasteiger partial charge in [0.1, 0.15) is 11.3 Å². The number of aryl methyl sites for hydroxylation is 1. The highest BCUT2D eigenvalue weighted by molar-refractivity contribution is 6.30. The standard InChI is InChI=1S/C25H36ClN7O2/c1-16-15-17(28-24-20(23(27)34)29-21(22(26)30-24)25(2,3)35)5-6-19(16)33-13-11-32(12-14-33)18-7-9-31(4)10-8-18/h5-6,15,18,35H,7-14H2,1-4H3,(H2,27,34)(H,28,30). The van der Waals surface area contributed by atoms with E-state index in [1.807, 2.05) is 12.1 Å². The number of hydrogen-bond acceptors (Lipinski definition) is 8. The lowest BCUT2D eigenvalue weighted by Gasteiger charge is -2.43. The van der Waals surface area contributed by atoms with E-state index in [1.54, 1.807) is 0 Å². The summed E-state index contributed by atoms with van der Waals surface area (Å²) < 4.78 is 0. The van der Waals surface area contributed by atoms with Crippen molar-refractivity contribution >= 4 is 34.7 Å². The van der Waals surface area contributed by atoms with Crippen molar-refractivity contribution in [2.75, 3.05) is 56.5 Å². The number of amides is 1. The van der Waals surface area contributed by atoms with Crippen LogP contribution in [0.3, 0.4) is 0 Å². The largest absolute Gasteiger partial charge is 0.384 e. The Morgan fingerprint density at radius 3 is 2.37 bits per heavy atom. The van der Waals surface area contributed by atoms with Crippen molar-refractivity contribution in [1.82, 2.24) is 19.8 Å². The number of carbonyl (C=O) groups excluding carboxylic acids is 1. The van der Waals surface area contributed by atoms with E-state index in [1.165, 1.54) is 45.5 Å². The molecule has 2 aliphatic heterocycles. The maximum atomic E-state index is 12.0. The number of primary amides is 1. The van der Waals surface area contributed by atoms with Crippen LogP contribution in [0.25, 0.3) is 0 Å². The van der Waals surface area contributed by atoms with E-state index in [9.17, 15) is 9.90 Å². The van der Waals surface area contributed by atoms with Crippen LogP contribution >= 0.6 is 11.6 Å². The number of benzene rings is 1. The summed E-state index contributed by atoms with van der Waals surface area (Å²) in [5, 5.41) is 13.4. The van der Waals surface area contributed by atoms with Crippen LogP contribution in [-0.4, -0.2) is 83.1 Å². The van der Waals surface area contributed by atoms with Crippen LogP contribution in [-0.2, 0) is 5.60 Å². The predicted molar refractivity (Wildman–Crippen MR) is 140 cm³/mol. The van der Waals surface area contributed by atoms with E-state index < -0.39 is 11.5 Å². The van der Waals surface area contributed by atoms with Gasteiger partial charge in [0, 0.05) is 43.6 Å². The minimum absolute atomic E-state index is 0.0147. The minimum Gasteiger partial charge on any atom is -0.384 e. The topological polar surface area (TPSA) is 111 Å². The molecule has 0 atom stereocenters. The molecular weight excluding hydrogens is 466 g/mol. The fraction of sp³-hybridized carbons (Fsp3) is 0.560. The highest BCUT2D eigenvalue weighted by Crippen LogP contribution is 2.31. The van der Waals surface area contributed by atoms with Gasteiger partial charge >= 0.3 is 0 Å². The van der Waals surface area contributed by atoms with Gasteiger partial charge < -0.3 is 26.0 Å². The molecule has 0 radical (unpaired) electrons. The number of halogens is 1. The average Bonchev–Trinajstić information content (AvgIpc) is 2.79. The number of anilines is 3. The first-order valence-electron chi connectivity index (χ1n) is 12.2. The molecule has 35 heavy (non-hydrogen) atoms. The van der Waals surface area contributed by atoms with Crippen LogP contribution in [0, 0.1) is 6.92 Å². The summed E-state index contributed by atoms with van der Waals surface area (Å²) in [6, 6.07) is 6.77. The third kappa shape index (κ3) is 5.86. The van der Waals surface area contributed by atoms with Gasteiger partial charge in [0.2, 0.25) is 0 Å². The summed E-state index contributed by atoms with van der Waals surface area (Å²) in [5.41, 5.74) is 7.28. The van der Waals surface area contributed by atoms with Crippen molar-refractivity contribution in [2.45, 2.75) is 45.3 Å². The number of aromatic nitrogens is 2. The number of nitrogens with zero attached hydrogens (tertiary/aromatic N) is 5. The molecule has 9 nitrogen and oxygen atoms in total. The van der Waals surface area contributed by atoms with Gasteiger partial charge in [-0.3, -0.25) is 9.69 Å². The second kappa shape index (κ2) is 10.3. The molecule has 4 rings (SSSR count). The van der Waals surface area contributed by atoms with Crippen molar-refractivity contribution in [3.63, 3.8) is 0 Å². The number of nitrogens with two attached hydrogens (primary N) is 1. The monoisotopic (exact) mass is 501 g/mol. The summed E-state index contributed by atoms with van der Waals surface area (Å²) >= 11 is 6.25. The fourth-order valence-corrected chi connectivity index (χ4v) is 5.33. The Morgan fingerprint density at radius 1 is 1.14 bits per heavy atom. The molecule has 1 aromatic carbocycles. The zero-order valence-electron chi connectivity index (χ0n) is 21.0. The van der Waals surface area contributed by atoms with Gasteiger partial charge in [-0.1, -0.05) is 11.6 Å². The molecule has 4 N–H and O–H groups in total. The lowest BCUT2D eigenvalue weighted by molar-refractivity contribution is 0.0732. The number of likely N-dealkylation sites (tertiary alicyclic amines) is 1. The third-order valence-electron chi connectivity index (χ3n) is 6.99. The molecule has 3 heterocycles. The highest BCUT2D eigenvalue weighted by Gasteiger charge is 2.28. The van der Waals surface area contributed by atoms with Crippen molar-refractivity contribution in [1.29, 1.82) is 0 Å². The molecule has 2 aromatic rings. The second-order valence-electron chi connectivity index (χ2n) is 10.2. The van der Waals surface area contributed by atoms with E-state index in [0.29, 0.717) is 6.04 Å². The normalized spacial score (nSPS) is 18.6. The second-order valence-corrected chi connectivity index (χ2v) is 10.5. The molecule has 1 amide bonds. The van der Waals surface area contributed by atoms with Gasteiger partial charge in [-0.2, -0.15) is 0 Å². The Bertz CT molecular complexity index is 1070. The molecule has 2 fully saturated rings. The smallest absolute Gasteiger partial charge is 0.271 e. The number of aliphatic hydroxyl groups is 1. The van der Waals surface area contributed by atoms with Crippen LogP contribution in [0.5, 0.6) is 0 Å². The van der Waals surface area contributed by atoms with Crippen molar-refractivity contribution < 1.29 is 9.90 Å². The molecule has 190 valence electrons. The maximum Gasteiger partial charge on any atom is 0.271 e. The van der Waals surface area contributed by atoms with E-state index >= 15 is 0 Å². The Kier molecular flexibility index (Phi) is 7.51. The fourth-order valence-electron chi connectivity index (χ4n) is 4.98. The van der Waals surface area contributed by atoms with Crippen LogP contribution in [0.4, 0.5) is 17.2 Å². The average molecular weight is 502 g/mol. The number of hydrogen-bond donors (Lipinski definition) is 3.